The van der Waals surface area contributed by atoms with E-state index >= 15 is 0 Å². The van der Waals surface area contributed by atoms with Crippen LogP contribution in [0.4, 0.5) is 13.2 Å². The van der Waals surface area contributed by atoms with E-state index in [0.717, 1.165) is 28.0 Å². The molecule has 0 aliphatic rings. The fourth-order valence-corrected chi connectivity index (χ4v) is 3.06. The molecular weight excluding hydrogens is 389 g/mol. The number of hydrogen-bond acceptors (Lipinski definition) is 4. The van der Waals surface area contributed by atoms with E-state index in [-0.39, 0.29) is 0 Å². The van der Waals surface area contributed by atoms with E-state index in [0.29, 0.717) is 43.0 Å². The van der Waals surface area contributed by atoms with Gasteiger partial charge in [-0.1, -0.05) is 26.0 Å². The van der Waals surface area contributed by atoms with Gasteiger partial charge in [-0.25, -0.2) is 4.98 Å². The number of nitrogens with zero attached hydrogens (tertiary/aromatic N) is 2. The number of aromatic nitrogens is 1. The Kier molecular flexibility index (Phi) is 8.10. The van der Waals surface area contributed by atoms with Gasteiger partial charge in [-0.3, -0.25) is 4.99 Å². The largest absolute Gasteiger partial charge is 0.493 e. The van der Waals surface area contributed by atoms with Crippen molar-refractivity contribution in [1.82, 2.24) is 15.6 Å². The summed E-state index contributed by atoms with van der Waals surface area (Å²) in [6.45, 7) is 5.83. The predicted molar refractivity (Wildman–Crippen MR) is 106 cm³/mol. The van der Waals surface area contributed by atoms with E-state index in [2.05, 4.69) is 34.5 Å². The van der Waals surface area contributed by atoms with Gasteiger partial charge in [0.25, 0.3) is 0 Å². The molecule has 1 heterocycles. The summed E-state index contributed by atoms with van der Waals surface area (Å²) in [4.78, 5) is 7.74. The predicted octanol–water partition coefficient (Wildman–Crippen LogP) is 4.10. The average Bonchev–Trinajstić information content (AvgIpc) is 3.12. The Morgan fingerprint density at radius 3 is 2.71 bits per heavy atom. The molecule has 9 heteroatoms. The molecule has 0 unspecified atom stereocenters. The Labute approximate surface area is 167 Å². The number of aliphatic imine (C=N–C) groups is 1. The first-order valence-corrected chi connectivity index (χ1v) is 9.83. The number of nitrogens with one attached hydrogen (secondary N) is 2. The molecule has 2 rings (SSSR count). The normalized spacial score (nSPS) is 12.3. The highest BCUT2D eigenvalue weighted by molar-refractivity contribution is 7.09. The minimum Gasteiger partial charge on any atom is -0.493 e. The molecule has 2 N–H and O–H groups in total. The highest BCUT2D eigenvalue weighted by atomic mass is 32.1. The van der Waals surface area contributed by atoms with Crippen LogP contribution in [0.2, 0.25) is 0 Å². The van der Waals surface area contributed by atoms with E-state index in [9.17, 15) is 13.2 Å². The second-order valence-electron chi connectivity index (χ2n) is 6.58. The number of alkyl halides is 3. The number of hydrogen-bond donors (Lipinski definition) is 2. The van der Waals surface area contributed by atoms with Crippen molar-refractivity contribution >= 4 is 17.3 Å². The van der Waals surface area contributed by atoms with Gasteiger partial charge in [0.2, 0.25) is 0 Å². The topological polar surface area (TPSA) is 58.5 Å². The maximum Gasteiger partial charge on any atom is 0.434 e. The molecule has 0 fully saturated rings. The highest BCUT2D eigenvalue weighted by Gasteiger charge is 2.33. The summed E-state index contributed by atoms with van der Waals surface area (Å²) in [5.41, 5.74) is 0.202. The molecule has 0 aliphatic heterocycles. The van der Waals surface area contributed by atoms with Crippen molar-refractivity contribution in [1.29, 1.82) is 0 Å². The zero-order chi connectivity index (χ0) is 20.6. The lowest BCUT2D eigenvalue weighted by Crippen LogP contribution is -2.37. The van der Waals surface area contributed by atoms with Gasteiger partial charge in [0.15, 0.2) is 11.7 Å². The number of benzene rings is 1. The van der Waals surface area contributed by atoms with E-state index in [1.165, 1.54) is 0 Å². The quantitative estimate of drug-likeness (QED) is 0.504. The molecule has 0 bridgehead atoms. The lowest BCUT2D eigenvalue weighted by Gasteiger charge is -2.13. The number of thiazole rings is 1. The van der Waals surface area contributed by atoms with Gasteiger partial charge in [-0.15, -0.1) is 11.3 Å². The Morgan fingerprint density at radius 1 is 1.29 bits per heavy atom. The Hall–Kier alpha value is -2.29. The maximum absolute atomic E-state index is 12.6. The molecule has 0 saturated carbocycles. The summed E-state index contributed by atoms with van der Waals surface area (Å²) in [7, 11) is 1.64. The van der Waals surface area contributed by atoms with Crippen molar-refractivity contribution in [3.63, 3.8) is 0 Å². The SMILES string of the molecule is CN=C(NCCc1nc(C(F)(F)F)cs1)NCc1cccc(OCC(C)C)c1. The van der Waals surface area contributed by atoms with Crippen LogP contribution in [0, 0.1) is 5.92 Å². The third-order valence-corrected chi connectivity index (χ3v) is 4.55. The van der Waals surface area contributed by atoms with Crippen LogP contribution in [0.15, 0.2) is 34.6 Å². The Balaban J connectivity index is 1.78. The molecule has 2 aromatic rings. The molecule has 1 aromatic heterocycles. The second kappa shape index (κ2) is 10.3. The molecule has 0 spiro atoms. The van der Waals surface area contributed by atoms with Gasteiger partial charge in [0.1, 0.15) is 5.75 Å². The smallest absolute Gasteiger partial charge is 0.434 e. The van der Waals surface area contributed by atoms with Crippen molar-refractivity contribution < 1.29 is 17.9 Å². The molecule has 5 nitrogen and oxygen atoms in total. The molecule has 0 aliphatic carbocycles. The summed E-state index contributed by atoms with van der Waals surface area (Å²) in [6.07, 6.45) is -4.01. The molecule has 0 saturated heterocycles. The van der Waals surface area contributed by atoms with Gasteiger partial charge >= 0.3 is 6.18 Å². The van der Waals surface area contributed by atoms with Crippen LogP contribution >= 0.6 is 11.3 Å². The van der Waals surface area contributed by atoms with Crippen molar-refractivity contribution in [3.05, 3.63) is 45.9 Å². The third kappa shape index (κ3) is 7.38. The Morgan fingerprint density at radius 2 is 2.07 bits per heavy atom. The van der Waals surface area contributed by atoms with Crippen LogP contribution in [0.1, 0.15) is 30.1 Å². The molecule has 0 amide bonds. The molecule has 0 radical (unpaired) electrons. The number of rotatable bonds is 8. The average molecular weight is 414 g/mol. The van der Waals surface area contributed by atoms with Crippen molar-refractivity contribution in [2.45, 2.75) is 33.0 Å². The molecular formula is C19H25F3N4OS. The standard InChI is InChI=1S/C19H25F3N4OS/c1-13(2)11-27-15-6-4-5-14(9-15)10-25-18(23-3)24-8-7-17-26-16(12-28-17)19(20,21)22/h4-6,9,12-13H,7-8,10-11H2,1-3H3,(H2,23,24,25). The summed E-state index contributed by atoms with van der Waals surface area (Å²) in [5, 5.41) is 7.74. The fourth-order valence-electron chi connectivity index (χ4n) is 2.26. The second-order valence-corrected chi connectivity index (χ2v) is 7.52. The van der Waals surface area contributed by atoms with E-state index in [1.807, 2.05) is 24.3 Å². The van der Waals surface area contributed by atoms with Crippen molar-refractivity contribution in [2.24, 2.45) is 10.9 Å². The molecule has 154 valence electrons. The molecule has 1 aromatic carbocycles. The first kappa shape index (κ1) is 22.0. The van der Waals surface area contributed by atoms with Crippen LogP contribution in [0.5, 0.6) is 5.75 Å². The summed E-state index contributed by atoms with van der Waals surface area (Å²) in [6, 6.07) is 7.80. The fraction of sp³-hybridized carbons (Fsp3) is 0.474. The number of halogens is 3. The van der Waals surface area contributed by atoms with Gasteiger partial charge in [0.05, 0.1) is 11.6 Å². The van der Waals surface area contributed by atoms with Crippen molar-refractivity contribution in [2.75, 3.05) is 20.2 Å². The van der Waals surface area contributed by atoms with Gasteiger partial charge < -0.3 is 15.4 Å². The van der Waals surface area contributed by atoms with Crippen LogP contribution in [-0.2, 0) is 19.1 Å². The Bertz CT molecular complexity index is 775. The van der Waals surface area contributed by atoms with Crippen LogP contribution in [0.3, 0.4) is 0 Å². The lowest BCUT2D eigenvalue weighted by molar-refractivity contribution is -0.140. The monoisotopic (exact) mass is 414 g/mol. The maximum atomic E-state index is 12.6. The van der Waals surface area contributed by atoms with Gasteiger partial charge in [-0.05, 0) is 23.6 Å². The van der Waals surface area contributed by atoms with Crippen LogP contribution in [-0.4, -0.2) is 31.1 Å². The zero-order valence-corrected chi connectivity index (χ0v) is 17.0. The first-order chi connectivity index (χ1) is 13.3. The third-order valence-electron chi connectivity index (χ3n) is 3.64. The summed E-state index contributed by atoms with van der Waals surface area (Å²) >= 11 is 1.01. The molecule has 28 heavy (non-hydrogen) atoms. The van der Waals surface area contributed by atoms with E-state index in [4.69, 9.17) is 4.74 Å². The number of guanidine groups is 1. The summed E-state index contributed by atoms with van der Waals surface area (Å²) in [5.74, 6) is 1.84. The van der Waals surface area contributed by atoms with Crippen LogP contribution in [0.25, 0.3) is 0 Å². The van der Waals surface area contributed by atoms with E-state index in [1.54, 1.807) is 7.05 Å². The zero-order valence-electron chi connectivity index (χ0n) is 16.1. The van der Waals surface area contributed by atoms with Gasteiger partial charge in [-0.2, -0.15) is 13.2 Å². The first-order valence-electron chi connectivity index (χ1n) is 8.95. The van der Waals surface area contributed by atoms with Crippen molar-refractivity contribution in [3.8, 4) is 5.75 Å². The number of ether oxygens (including phenoxy) is 1. The minimum absolute atomic E-state index is 0.389. The minimum atomic E-state index is -4.40. The van der Waals surface area contributed by atoms with Gasteiger partial charge in [0, 0.05) is 31.9 Å². The molecule has 0 atom stereocenters. The van der Waals surface area contributed by atoms with E-state index < -0.39 is 11.9 Å². The summed E-state index contributed by atoms with van der Waals surface area (Å²) < 4.78 is 43.4. The van der Waals surface area contributed by atoms with Crippen LogP contribution < -0.4 is 15.4 Å². The highest BCUT2D eigenvalue weighted by Crippen LogP contribution is 2.30. The lowest BCUT2D eigenvalue weighted by atomic mass is 10.2.